The Bertz CT molecular complexity index is 611. The maximum atomic E-state index is 11.9. The van der Waals surface area contributed by atoms with Crippen molar-refractivity contribution in [3.05, 3.63) is 24.2 Å². The van der Waals surface area contributed by atoms with E-state index >= 15 is 0 Å². The van der Waals surface area contributed by atoms with Crippen molar-refractivity contribution < 1.29 is 14.3 Å². The summed E-state index contributed by atoms with van der Waals surface area (Å²) >= 11 is 0. The van der Waals surface area contributed by atoms with E-state index in [1.165, 1.54) is 10.9 Å². The molecule has 0 spiro atoms. The number of rotatable bonds is 1. The van der Waals surface area contributed by atoms with Crippen LogP contribution in [0.2, 0.25) is 0 Å². The lowest BCUT2D eigenvalue weighted by molar-refractivity contribution is 0.0542. The summed E-state index contributed by atoms with van der Waals surface area (Å²) in [6.45, 7) is 5.32. The molecule has 2 rings (SSSR count). The summed E-state index contributed by atoms with van der Waals surface area (Å²) in [5.74, 6) is 0. The molecular formula is C12H13N3O3. The molecule has 94 valence electrons. The Labute approximate surface area is 104 Å². The summed E-state index contributed by atoms with van der Waals surface area (Å²) in [5, 5.41) is 0. The number of fused-ring (bicyclic) bond motifs is 1. The number of hydrogen-bond acceptors (Lipinski definition) is 5. The highest BCUT2D eigenvalue weighted by molar-refractivity contribution is 5.86. The molecule has 0 atom stereocenters. The van der Waals surface area contributed by atoms with Crippen molar-refractivity contribution in [1.82, 2.24) is 14.5 Å². The molecule has 6 heteroatoms. The van der Waals surface area contributed by atoms with Crippen molar-refractivity contribution in [2.45, 2.75) is 26.4 Å². The van der Waals surface area contributed by atoms with Crippen LogP contribution in [0.25, 0.3) is 11.2 Å². The highest BCUT2D eigenvalue weighted by Gasteiger charge is 2.20. The zero-order valence-electron chi connectivity index (χ0n) is 10.4. The maximum Gasteiger partial charge on any atom is 0.421 e. The molecular weight excluding hydrogens is 234 g/mol. The molecule has 0 aliphatic rings. The van der Waals surface area contributed by atoms with Gasteiger partial charge in [0.25, 0.3) is 0 Å². The van der Waals surface area contributed by atoms with E-state index in [0.717, 1.165) is 0 Å². The molecule has 0 radical (unpaired) electrons. The number of hydrogen-bond donors (Lipinski definition) is 0. The zero-order chi connectivity index (χ0) is 13.3. The summed E-state index contributed by atoms with van der Waals surface area (Å²) in [6, 6.07) is 3.18. The van der Waals surface area contributed by atoms with E-state index < -0.39 is 11.7 Å². The summed E-state index contributed by atoms with van der Waals surface area (Å²) in [6.07, 6.45) is 1.38. The summed E-state index contributed by atoms with van der Waals surface area (Å²) in [7, 11) is 0. The molecule has 0 bridgehead atoms. The molecule has 0 aliphatic carbocycles. The van der Waals surface area contributed by atoms with Gasteiger partial charge in [0, 0.05) is 0 Å². The second-order valence-corrected chi connectivity index (χ2v) is 4.79. The molecule has 0 saturated heterocycles. The molecule has 2 aromatic rings. The first-order valence-corrected chi connectivity index (χ1v) is 5.43. The molecule has 0 amide bonds. The quantitative estimate of drug-likeness (QED) is 0.721. The number of aldehydes is 1. The molecule has 2 aromatic heterocycles. The van der Waals surface area contributed by atoms with Gasteiger partial charge < -0.3 is 4.74 Å². The normalized spacial score (nSPS) is 11.5. The monoisotopic (exact) mass is 247 g/mol. The van der Waals surface area contributed by atoms with E-state index in [1.807, 2.05) is 0 Å². The highest BCUT2D eigenvalue weighted by atomic mass is 16.6. The number of carbonyl (C=O) groups is 2. The predicted octanol–water partition coefficient (Wildman–Crippen LogP) is 2.03. The second-order valence-electron chi connectivity index (χ2n) is 4.79. The van der Waals surface area contributed by atoms with Gasteiger partial charge in [-0.3, -0.25) is 4.79 Å². The van der Waals surface area contributed by atoms with Crippen molar-refractivity contribution in [3.63, 3.8) is 0 Å². The molecule has 0 aromatic carbocycles. The molecule has 0 aliphatic heterocycles. The lowest BCUT2D eigenvalue weighted by atomic mass is 10.2. The molecule has 0 saturated carbocycles. The van der Waals surface area contributed by atoms with Crippen LogP contribution < -0.4 is 0 Å². The molecule has 6 nitrogen and oxygen atoms in total. The first-order chi connectivity index (χ1) is 8.40. The van der Waals surface area contributed by atoms with E-state index in [0.29, 0.717) is 17.5 Å². The van der Waals surface area contributed by atoms with Crippen LogP contribution in [0.15, 0.2) is 18.5 Å². The third-order valence-electron chi connectivity index (χ3n) is 2.13. The fourth-order valence-corrected chi connectivity index (χ4v) is 1.42. The van der Waals surface area contributed by atoms with Gasteiger partial charge in [-0.05, 0) is 32.9 Å². The van der Waals surface area contributed by atoms with E-state index in [9.17, 15) is 9.59 Å². The van der Waals surface area contributed by atoms with Gasteiger partial charge in [-0.1, -0.05) is 0 Å². The average Bonchev–Trinajstić information content (AvgIpc) is 2.69. The Kier molecular flexibility index (Phi) is 2.86. The van der Waals surface area contributed by atoms with Crippen molar-refractivity contribution >= 4 is 23.5 Å². The number of imidazole rings is 1. The van der Waals surface area contributed by atoms with Gasteiger partial charge in [0.15, 0.2) is 11.9 Å². The number of aromatic nitrogens is 3. The van der Waals surface area contributed by atoms with Crippen LogP contribution in [0.4, 0.5) is 4.79 Å². The first kappa shape index (κ1) is 12.2. The van der Waals surface area contributed by atoms with E-state index in [1.54, 1.807) is 32.9 Å². The van der Waals surface area contributed by atoms with Crippen molar-refractivity contribution in [3.8, 4) is 0 Å². The minimum Gasteiger partial charge on any atom is -0.443 e. The summed E-state index contributed by atoms with van der Waals surface area (Å²) < 4.78 is 6.41. The Hall–Kier alpha value is -2.24. The van der Waals surface area contributed by atoms with E-state index in [4.69, 9.17) is 4.74 Å². The largest absolute Gasteiger partial charge is 0.443 e. The van der Waals surface area contributed by atoms with Gasteiger partial charge in [0.1, 0.15) is 23.1 Å². The number of nitrogens with zero attached hydrogens (tertiary/aromatic N) is 3. The van der Waals surface area contributed by atoms with Crippen LogP contribution in [0.5, 0.6) is 0 Å². The Morgan fingerprint density at radius 2 is 2.11 bits per heavy atom. The second kappa shape index (κ2) is 4.21. The SMILES string of the molecule is CC(C)(C)OC(=O)n1cnc2ccc(C=O)nc21. The molecule has 18 heavy (non-hydrogen) atoms. The fourth-order valence-electron chi connectivity index (χ4n) is 1.42. The van der Waals surface area contributed by atoms with Crippen LogP contribution in [0.3, 0.4) is 0 Å². The molecule has 0 unspecified atom stereocenters. The van der Waals surface area contributed by atoms with Crippen molar-refractivity contribution in [2.24, 2.45) is 0 Å². The predicted molar refractivity (Wildman–Crippen MR) is 64.5 cm³/mol. The van der Waals surface area contributed by atoms with E-state index in [-0.39, 0.29) is 5.69 Å². The summed E-state index contributed by atoms with van der Waals surface area (Å²) in [4.78, 5) is 30.6. The van der Waals surface area contributed by atoms with Crippen LogP contribution >= 0.6 is 0 Å². The Morgan fingerprint density at radius 3 is 2.72 bits per heavy atom. The lowest BCUT2D eigenvalue weighted by Gasteiger charge is -2.19. The topological polar surface area (TPSA) is 74.1 Å². The zero-order valence-corrected chi connectivity index (χ0v) is 10.4. The minimum atomic E-state index is -0.601. The summed E-state index contributed by atoms with van der Waals surface area (Å²) in [5.41, 5.74) is 0.490. The molecule has 2 heterocycles. The number of carbonyl (C=O) groups excluding carboxylic acids is 2. The number of ether oxygens (including phenoxy) is 1. The smallest absolute Gasteiger partial charge is 0.421 e. The maximum absolute atomic E-state index is 11.9. The first-order valence-electron chi connectivity index (χ1n) is 5.43. The highest BCUT2D eigenvalue weighted by Crippen LogP contribution is 2.14. The Morgan fingerprint density at radius 1 is 1.39 bits per heavy atom. The van der Waals surface area contributed by atoms with Gasteiger partial charge in [-0.25, -0.2) is 19.3 Å². The van der Waals surface area contributed by atoms with Gasteiger partial charge in [0.2, 0.25) is 0 Å². The van der Waals surface area contributed by atoms with Crippen LogP contribution in [-0.2, 0) is 4.74 Å². The van der Waals surface area contributed by atoms with Crippen LogP contribution in [-0.4, -0.2) is 32.5 Å². The van der Waals surface area contributed by atoms with Gasteiger partial charge in [-0.2, -0.15) is 0 Å². The lowest BCUT2D eigenvalue weighted by Crippen LogP contribution is -2.27. The van der Waals surface area contributed by atoms with Gasteiger partial charge in [0.05, 0.1) is 0 Å². The third-order valence-corrected chi connectivity index (χ3v) is 2.13. The standard InChI is InChI=1S/C12H13N3O3/c1-12(2,3)18-11(17)15-7-13-9-5-4-8(6-16)14-10(9)15/h4-7H,1-3H3. The molecule has 0 fully saturated rings. The van der Waals surface area contributed by atoms with Crippen molar-refractivity contribution in [1.29, 1.82) is 0 Å². The fraction of sp³-hybridized carbons (Fsp3) is 0.333. The van der Waals surface area contributed by atoms with E-state index in [2.05, 4.69) is 9.97 Å². The van der Waals surface area contributed by atoms with Crippen molar-refractivity contribution in [2.75, 3.05) is 0 Å². The van der Waals surface area contributed by atoms with Crippen LogP contribution in [0, 0.1) is 0 Å². The Balaban J connectivity index is 2.45. The average molecular weight is 247 g/mol. The van der Waals surface area contributed by atoms with Gasteiger partial charge in [-0.15, -0.1) is 0 Å². The number of pyridine rings is 1. The minimum absolute atomic E-state index is 0.243. The third kappa shape index (κ3) is 2.37. The van der Waals surface area contributed by atoms with Crippen LogP contribution in [0.1, 0.15) is 31.3 Å². The molecule has 0 N–H and O–H groups in total. The van der Waals surface area contributed by atoms with Gasteiger partial charge >= 0.3 is 6.09 Å².